The second-order valence-corrected chi connectivity index (χ2v) is 9.20. The Morgan fingerprint density at radius 3 is 2.13 bits per heavy atom. The molecule has 2 aliphatic heterocycles. The van der Waals surface area contributed by atoms with Gasteiger partial charge in [0, 0.05) is 12.6 Å². The van der Waals surface area contributed by atoms with Gasteiger partial charge < -0.3 is 4.84 Å². The maximum absolute atomic E-state index is 12.9. The van der Waals surface area contributed by atoms with Gasteiger partial charge in [-0.15, -0.1) is 0 Å². The van der Waals surface area contributed by atoms with Crippen molar-refractivity contribution in [3.05, 3.63) is 65.2 Å². The van der Waals surface area contributed by atoms with Gasteiger partial charge in [-0.1, -0.05) is 23.6 Å². The number of piperidine rings is 1. The lowest BCUT2D eigenvalue weighted by Crippen LogP contribution is -2.41. The molecule has 8 nitrogen and oxygen atoms in total. The molecule has 0 saturated carbocycles. The maximum atomic E-state index is 12.9. The second-order valence-electron chi connectivity index (χ2n) is 7.31. The van der Waals surface area contributed by atoms with Crippen LogP contribution in [0.5, 0.6) is 0 Å². The summed E-state index contributed by atoms with van der Waals surface area (Å²) in [6, 6.07) is 11.4. The van der Waals surface area contributed by atoms with Crippen LogP contribution >= 0.6 is 0 Å². The fourth-order valence-corrected chi connectivity index (χ4v) is 5.41. The largest absolute Gasteiger partial charge is 0.363 e. The van der Waals surface area contributed by atoms with Gasteiger partial charge in [-0.05, 0) is 56.2 Å². The van der Waals surface area contributed by atoms with E-state index in [0.29, 0.717) is 11.6 Å². The van der Waals surface area contributed by atoms with E-state index in [1.54, 1.807) is 12.1 Å². The number of hydrogen-bond donors (Lipinski definition) is 0. The molecule has 30 heavy (non-hydrogen) atoms. The van der Waals surface area contributed by atoms with Gasteiger partial charge in [0.1, 0.15) is 0 Å². The smallest absolute Gasteiger partial charge is 0.324 e. The fourth-order valence-electron chi connectivity index (χ4n) is 3.71. The van der Waals surface area contributed by atoms with Crippen molar-refractivity contribution in [3.63, 3.8) is 0 Å². The summed E-state index contributed by atoms with van der Waals surface area (Å²) in [4.78, 5) is 42.1. The summed E-state index contributed by atoms with van der Waals surface area (Å²) >= 11 is 0. The lowest BCUT2D eigenvalue weighted by molar-refractivity contribution is -0.0584. The van der Waals surface area contributed by atoms with Crippen LogP contribution in [-0.2, 0) is 14.9 Å². The van der Waals surface area contributed by atoms with Gasteiger partial charge in [0.15, 0.2) is 0 Å². The molecule has 1 unspecified atom stereocenters. The van der Waals surface area contributed by atoms with Crippen LogP contribution in [0.1, 0.15) is 57.3 Å². The monoisotopic (exact) mass is 428 g/mol. The van der Waals surface area contributed by atoms with Crippen molar-refractivity contribution in [2.45, 2.75) is 37.1 Å². The first-order valence-corrected chi connectivity index (χ1v) is 11.1. The molecule has 156 valence electrons. The highest BCUT2D eigenvalue weighted by Crippen LogP contribution is 2.26. The van der Waals surface area contributed by atoms with E-state index in [4.69, 9.17) is 4.84 Å². The Morgan fingerprint density at radius 2 is 1.57 bits per heavy atom. The number of imide groups is 1. The Bertz CT molecular complexity index is 1090. The van der Waals surface area contributed by atoms with Gasteiger partial charge in [0.25, 0.3) is 11.8 Å². The van der Waals surface area contributed by atoms with Crippen LogP contribution in [0.15, 0.2) is 53.4 Å². The molecule has 1 saturated heterocycles. The number of carbonyl (C=O) groups excluding carboxylic acids is 3. The molecule has 0 spiro atoms. The van der Waals surface area contributed by atoms with Gasteiger partial charge in [-0.3, -0.25) is 9.59 Å². The Labute approximate surface area is 174 Å². The first-order chi connectivity index (χ1) is 14.3. The first kappa shape index (κ1) is 20.2. The van der Waals surface area contributed by atoms with Crippen LogP contribution in [0.25, 0.3) is 0 Å². The second kappa shape index (κ2) is 7.66. The molecule has 4 rings (SSSR count). The highest BCUT2D eigenvalue weighted by Gasteiger charge is 2.39. The average Bonchev–Trinajstić information content (AvgIpc) is 2.99. The molecule has 0 bridgehead atoms. The SMILES string of the molecule is CC1CCCCN1S(=O)(=O)c1ccc(C(=O)ON2C(=O)c3ccccc3C2=O)cc1. The summed E-state index contributed by atoms with van der Waals surface area (Å²) in [5.74, 6) is -2.37. The average molecular weight is 428 g/mol. The molecule has 2 aromatic rings. The van der Waals surface area contributed by atoms with E-state index < -0.39 is 27.8 Å². The molecule has 2 aliphatic rings. The predicted octanol–water partition coefficient (Wildman–Crippen LogP) is 2.62. The van der Waals surface area contributed by atoms with Crippen molar-refractivity contribution in [2.75, 3.05) is 6.54 Å². The summed E-state index contributed by atoms with van der Waals surface area (Å²) < 4.78 is 27.2. The van der Waals surface area contributed by atoms with Crippen molar-refractivity contribution < 1.29 is 27.6 Å². The van der Waals surface area contributed by atoms with E-state index in [-0.39, 0.29) is 27.6 Å². The zero-order valence-electron chi connectivity index (χ0n) is 16.3. The predicted molar refractivity (Wildman–Crippen MR) is 106 cm³/mol. The normalized spacial score (nSPS) is 19.6. The number of nitrogens with zero attached hydrogens (tertiary/aromatic N) is 2. The van der Waals surface area contributed by atoms with Crippen LogP contribution in [0.4, 0.5) is 0 Å². The molecular formula is C21H20N2O6S. The standard InChI is InChI=1S/C21H20N2O6S/c1-14-6-4-5-13-22(14)30(27,28)16-11-9-15(10-12-16)21(26)29-23-19(24)17-7-2-3-8-18(17)20(23)25/h2-3,7-12,14H,4-6,13H2,1H3. The summed E-state index contributed by atoms with van der Waals surface area (Å²) in [7, 11) is -3.67. The fraction of sp³-hybridized carbons (Fsp3) is 0.286. The first-order valence-electron chi connectivity index (χ1n) is 9.63. The minimum Gasteiger partial charge on any atom is -0.324 e. The number of sulfonamides is 1. The van der Waals surface area contributed by atoms with Crippen molar-refractivity contribution in [2.24, 2.45) is 0 Å². The quantitative estimate of drug-likeness (QED) is 0.694. The van der Waals surface area contributed by atoms with E-state index >= 15 is 0 Å². The van der Waals surface area contributed by atoms with E-state index in [1.807, 2.05) is 6.92 Å². The highest BCUT2D eigenvalue weighted by atomic mass is 32.2. The third-order valence-corrected chi connectivity index (χ3v) is 7.40. The van der Waals surface area contributed by atoms with Gasteiger partial charge >= 0.3 is 5.97 Å². The lowest BCUT2D eigenvalue weighted by atomic mass is 10.1. The number of rotatable bonds is 4. The molecule has 2 heterocycles. The molecule has 1 atom stereocenters. The van der Waals surface area contributed by atoms with Gasteiger partial charge in [0.2, 0.25) is 10.0 Å². The molecule has 2 aromatic carbocycles. The summed E-state index contributed by atoms with van der Waals surface area (Å²) in [6.45, 7) is 2.34. The summed E-state index contributed by atoms with van der Waals surface area (Å²) in [5.41, 5.74) is 0.344. The molecule has 9 heteroatoms. The maximum Gasteiger partial charge on any atom is 0.363 e. The van der Waals surface area contributed by atoms with E-state index in [1.165, 1.54) is 40.7 Å². The van der Waals surface area contributed by atoms with Gasteiger partial charge in [-0.2, -0.15) is 4.31 Å². The Morgan fingerprint density at radius 1 is 0.967 bits per heavy atom. The minimum absolute atomic E-state index is 0.0252. The molecule has 0 aliphatic carbocycles. The lowest BCUT2D eigenvalue weighted by Gasteiger charge is -2.32. The zero-order valence-corrected chi connectivity index (χ0v) is 17.1. The number of benzene rings is 2. The van der Waals surface area contributed by atoms with Gasteiger partial charge in [-0.25, -0.2) is 13.2 Å². The molecule has 0 N–H and O–H groups in total. The van der Waals surface area contributed by atoms with E-state index in [9.17, 15) is 22.8 Å². The van der Waals surface area contributed by atoms with E-state index in [0.717, 1.165) is 19.3 Å². The number of hydrogen-bond acceptors (Lipinski definition) is 6. The Kier molecular flexibility index (Phi) is 5.17. The van der Waals surface area contributed by atoms with Crippen molar-refractivity contribution in [1.29, 1.82) is 0 Å². The summed E-state index contributed by atoms with van der Waals surface area (Å²) in [6.07, 6.45) is 2.62. The summed E-state index contributed by atoms with van der Waals surface area (Å²) in [5, 5.41) is 0.424. The van der Waals surface area contributed by atoms with Crippen LogP contribution < -0.4 is 0 Å². The molecular weight excluding hydrogens is 408 g/mol. The molecule has 0 radical (unpaired) electrons. The molecule has 2 amide bonds. The number of carbonyl (C=O) groups is 3. The zero-order chi connectivity index (χ0) is 21.5. The third-order valence-electron chi connectivity index (χ3n) is 5.37. The van der Waals surface area contributed by atoms with Crippen LogP contribution in [-0.4, -0.2) is 48.2 Å². The van der Waals surface area contributed by atoms with Crippen LogP contribution in [0.2, 0.25) is 0 Å². The number of fused-ring (bicyclic) bond motifs is 1. The Balaban J connectivity index is 1.50. The highest BCUT2D eigenvalue weighted by molar-refractivity contribution is 7.89. The molecule has 1 fully saturated rings. The van der Waals surface area contributed by atoms with E-state index in [2.05, 4.69) is 0 Å². The number of amides is 2. The number of hydroxylamine groups is 2. The topological polar surface area (TPSA) is 101 Å². The third kappa shape index (κ3) is 3.40. The minimum atomic E-state index is -3.67. The van der Waals surface area contributed by atoms with Crippen molar-refractivity contribution in [3.8, 4) is 0 Å². The van der Waals surface area contributed by atoms with Crippen LogP contribution in [0, 0.1) is 0 Å². The van der Waals surface area contributed by atoms with Crippen LogP contribution in [0.3, 0.4) is 0 Å². The van der Waals surface area contributed by atoms with Crippen molar-refractivity contribution in [1.82, 2.24) is 9.37 Å². The molecule has 0 aromatic heterocycles. The Hall–Kier alpha value is -3.04. The van der Waals surface area contributed by atoms with Crippen molar-refractivity contribution >= 4 is 27.8 Å². The van der Waals surface area contributed by atoms with Gasteiger partial charge in [0.05, 0.1) is 21.6 Å².